The molecule has 2 aromatic rings. The lowest BCUT2D eigenvalue weighted by atomic mass is 10.2. The average molecular weight is 361 g/mol. The maximum atomic E-state index is 13.3. The predicted molar refractivity (Wildman–Crippen MR) is 72.5 cm³/mol. The van der Waals surface area contributed by atoms with Crippen molar-refractivity contribution in [2.75, 3.05) is 0 Å². The van der Waals surface area contributed by atoms with E-state index in [9.17, 15) is 31.5 Å². The van der Waals surface area contributed by atoms with Crippen molar-refractivity contribution in [3.05, 3.63) is 58.8 Å². The average Bonchev–Trinajstić information content (AvgIpc) is 3.12. The third-order valence-electron chi connectivity index (χ3n) is 2.81. The molecule has 2 N–H and O–H groups in total. The smallest absolute Gasteiger partial charge is 0.329 e. The number of hydrogen-bond acceptors (Lipinski definition) is 4. The van der Waals surface area contributed by atoms with Crippen LogP contribution in [0.2, 0.25) is 0 Å². The molecule has 0 atom stereocenters. The molecule has 0 aliphatic heterocycles. The number of furan rings is 1. The van der Waals surface area contributed by atoms with Crippen molar-refractivity contribution in [3.8, 4) is 0 Å². The summed E-state index contributed by atoms with van der Waals surface area (Å²) >= 11 is 0. The second-order valence-electron chi connectivity index (χ2n) is 4.44. The zero-order valence-corrected chi connectivity index (χ0v) is 12.1. The summed E-state index contributed by atoms with van der Waals surface area (Å²) in [7, 11) is 0. The fraction of sp³-hybridized carbons (Fsp3) is 0.0714. The molecule has 0 aliphatic rings. The standard InChI is InChI=1S/C14H8F5N3O3/c15-8-7(9(16)11(18)12(19)10(8)17)5-21-22-14(24)13(23)20-4-6-2-1-3-25-6/h1-3,5H,4H2,(H,20,23)(H,22,24)/b21-5-. The van der Waals surface area contributed by atoms with Crippen molar-refractivity contribution < 1.29 is 36.0 Å². The molecule has 0 saturated heterocycles. The van der Waals surface area contributed by atoms with Gasteiger partial charge in [0, 0.05) is 0 Å². The molecule has 132 valence electrons. The number of hydrazone groups is 1. The van der Waals surface area contributed by atoms with Crippen LogP contribution in [0.25, 0.3) is 0 Å². The van der Waals surface area contributed by atoms with Gasteiger partial charge >= 0.3 is 11.8 Å². The minimum Gasteiger partial charge on any atom is -0.467 e. The number of hydrogen-bond donors (Lipinski definition) is 2. The molecule has 0 unspecified atom stereocenters. The van der Waals surface area contributed by atoms with Crippen LogP contribution in [0.1, 0.15) is 11.3 Å². The number of amides is 2. The number of benzene rings is 1. The maximum Gasteiger partial charge on any atom is 0.329 e. The second-order valence-corrected chi connectivity index (χ2v) is 4.44. The van der Waals surface area contributed by atoms with E-state index >= 15 is 0 Å². The number of rotatable bonds is 4. The molecule has 0 aliphatic carbocycles. The largest absolute Gasteiger partial charge is 0.467 e. The number of nitrogens with one attached hydrogen (secondary N) is 2. The number of nitrogens with zero attached hydrogens (tertiary/aromatic N) is 1. The first-order chi connectivity index (χ1) is 11.8. The summed E-state index contributed by atoms with van der Waals surface area (Å²) in [5.41, 5.74) is 0.217. The van der Waals surface area contributed by atoms with Crippen LogP contribution in [0, 0.1) is 29.1 Å². The lowest BCUT2D eigenvalue weighted by Gasteiger charge is -2.04. The normalized spacial score (nSPS) is 10.9. The summed E-state index contributed by atoms with van der Waals surface area (Å²) in [6.45, 7) is -0.111. The Balaban J connectivity index is 2.01. The Hall–Kier alpha value is -3.24. The van der Waals surface area contributed by atoms with Crippen molar-refractivity contribution in [2.24, 2.45) is 5.10 Å². The lowest BCUT2D eigenvalue weighted by Crippen LogP contribution is -2.37. The lowest BCUT2D eigenvalue weighted by molar-refractivity contribution is -0.139. The molecular weight excluding hydrogens is 353 g/mol. The van der Waals surface area contributed by atoms with Gasteiger partial charge in [0.15, 0.2) is 23.3 Å². The van der Waals surface area contributed by atoms with E-state index in [2.05, 4.69) is 10.4 Å². The number of halogens is 5. The summed E-state index contributed by atoms with van der Waals surface area (Å²) in [5, 5.41) is 5.14. The predicted octanol–water partition coefficient (Wildman–Crippen LogP) is 1.74. The summed E-state index contributed by atoms with van der Waals surface area (Å²) in [6, 6.07) is 3.08. The second kappa shape index (κ2) is 7.55. The Bertz CT molecular complexity index is 808. The van der Waals surface area contributed by atoms with Crippen molar-refractivity contribution in [1.29, 1.82) is 0 Å². The molecule has 25 heavy (non-hydrogen) atoms. The minimum absolute atomic E-state index is 0.111. The van der Waals surface area contributed by atoms with Crippen LogP contribution >= 0.6 is 0 Å². The fourth-order valence-corrected chi connectivity index (χ4v) is 1.60. The monoisotopic (exact) mass is 361 g/mol. The van der Waals surface area contributed by atoms with Gasteiger partial charge < -0.3 is 9.73 Å². The molecule has 0 fully saturated rings. The van der Waals surface area contributed by atoms with Crippen LogP contribution in [0.3, 0.4) is 0 Å². The molecule has 0 spiro atoms. The third kappa shape index (κ3) is 4.00. The van der Waals surface area contributed by atoms with Gasteiger partial charge in [0.05, 0.1) is 24.6 Å². The summed E-state index contributed by atoms with van der Waals surface area (Å²) in [4.78, 5) is 22.8. The van der Waals surface area contributed by atoms with Crippen LogP contribution in [-0.2, 0) is 16.1 Å². The van der Waals surface area contributed by atoms with Crippen LogP contribution in [0.15, 0.2) is 27.9 Å². The Morgan fingerprint density at radius 3 is 2.16 bits per heavy atom. The Morgan fingerprint density at radius 1 is 1.00 bits per heavy atom. The quantitative estimate of drug-likeness (QED) is 0.217. The summed E-state index contributed by atoms with van der Waals surface area (Å²) in [5.74, 6) is -13.0. The number of carbonyl (C=O) groups excluding carboxylic acids is 2. The van der Waals surface area contributed by atoms with Crippen molar-refractivity contribution in [3.63, 3.8) is 0 Å². The number of carbonyl (C=O) groups is 2. The van der Waals surface area contributed by atoms with Gasteiger partial charge in [-0.3, -0.25) is 9.59 Å². The van der Waals surface area contributed by atoms with Gasteiger partial charge in [0.1, 0.15) is 5.76 Å². The van der Waals surface area contributed by atoms with Crippen LogP contribution in [0.5, 0.6) is 0 Å². The summed E-state index contributed by atoms with van der Waals surface area (Å²) in [6.07, 6.45) is 1.53. The molecule has 1 heterocycles. The molecule has 1 aromatic heterocycles. The molecule has 2 rings (SSSR count). The van der Waals surface area contributed by atoms with Crippen molar-refractivity contribution in [1.82, 2.24) is 10.7 Å². The van der Waals surface area contributed by atoms with E-state index < -0.39 is 46.5 Å². The van der Waals surface area contributed by atoms with Gasteiger partial charge in [-0.05, 0) is 12.1 Å². The van der Waals surface area contributed by atoms with Crippen LogP contribution < -0.4 is 10.7 Å². The Morgan fingerprint density at radius 2 is 1.60 bits per heavy atom. The maximum absolute atomic E-state index is 13.3. The van der Waals surface area contributed by atoms with Crippen LogP contribution in [0.4, 0.5) is 22.0 Å². The highest BCUT2D eigenvalue weighted by Crippen LogP contribution is 2.21. The topological polar surface area (TPSA) is 83.7 Å². The highest BCUT2D eigenvalue weighted by Gasteiger charge is 2.24. The van der Waals surface area contributed by atoms with Crippen molar-refractivity contribution in [2.45, 2.75) is 6.54 Å². The SMILES string of the molecule is O=C(NCc1ccco1)C(=O)N/N=C\c1c(F)c(F)c(F)c(F)c1F. The highest BCUT2D eigenvalue weighted by molar-refractivity contribution is 6.35. The molecule has 0 radical (unpaired) electrons. The van der Waals surface area contributed by atoms with E-state index in [1.54, 1.807) is 11.5 Å². The van der Waals surface area contributed by atoms with E-state index in [4.69, 9.17) is 4.42 Å². The molecular formula is C14H8F5N3O3. The third-order valence-corrected chi connectivity index (χ3v) is 2.81. The van der Waals surface area contributed by atoms with Gasteiger partial charge in [0.25, 0.3) is 0 Å². The molecule has 0 bridgehead atoms. The zero-order chi connectivity index (χ0) is 18.6. The van der Waals surface area contributed by atoms with E-state index in [0.29, 0.717) is 5.76 Å². The first-order valence-electron chi connectivity index (χ1n) is 6.48. The molecule has 1 aromatic carbocycles. The van der Waals surface area contributed by atoms with Crippen LogP contribution in [-0.4, -0.2) is 18.0 Å². The van der Waals surface area contributed by atoms with Gasteiger partial charge in [-0.1, -0.05) is 0 Å². The first kappa shape index (κ1) is 18.1. The minimum atomic E-state index is -2.33. The van der Waals surface area contributed by atoms with Crippen molar-refractivity contribution >= 4 is 18.0 Å². The van der Waals surface area contributed by atoms with E-state index in [-0.39, 0.29) is 12.8 Å². The molecule has 11 heteroatoms. The van der Waals surface area contributed by atoms with E-state index in [1.807, 2.05) is 0 Å². The van der Waals surface area contributed by atoms with Gasteiger partial charge in [0.2, 0.25) is 5.82 Å². The highest BCUT2D eigenvalue weighted by atomic mass is 19.2. The van der Waals surface area contributed by atoms with E-state index in [0.717, 1.165) is 0 Å². The molecule has 2 amide bonds. The molecule has 6 nitrogen and oxygen atoms in total. The van der Waals surface area contributed by atoms with Gasteiger partial charge in [-0.25, -0.2) is 27.4 Å². The van der Waals surface area contributed by atoms with E-state index in [1.165, 1.54) is 12.3 Å². The Kier molecular flexibility index (Phi) is 5.47. The van der Waals surface area contributed by atoms with Gasteiger partial charge in [-0.2, -0.15) is 5.10 Å². The zero-order valence-electron chi connectivity index (χ0n) is 12.1. The fourth-order valence-electron chi connectivity index (χ4n) is 1.60. The Labute approximate surface area is 136 Å². The summed E-state index contributed by atoms with van der Waals surface area (Å²) < 4.78 is 70.4. The van der Waals surface area contributed by atoms with Gasteiger partial charge in [-0.15, -0.1) is 0 Å². The molecule has 0 saturated carbocycles. The first-order valence-corrected chi connectivity index (χ1v) is 6.48.